The smallest absolute Gasteiger partial charge is 0.266 e. The average Bonchev–Trinajstić information content (AvgIpc) is 2.96. The third-order valence-corrected chi connectivity index (χ3v) is 5.52. The molecule has 0 aromatic heterocycles. The van der Waals surface area contributed by atoms with Crippen molar-refractivity contribution in [2.45, 2.75) is 6.54 Å². The summed E-state index contributed by atoms with van der Waals surface area (Å²) in [6.07, 6.45) is 1.46. The Kier molecular flexibility index (Phi) is 6.04. The van der Waals surface area contributed by atoms with Crippen LogP contribution in [0.4, 0.5) is 5.69 Å². The maximum Gasteiger partial charge on any atom is 0.266 e. The lowest BCUT2D eigenvalue weighted by atomic mass is 10.1. The second kappa shape index (κ2) is 8.50. The summed E-state index contributed by atoms with van der Waals surface area (Å²) >= 11 is 6.41. The number of hydrogen-bond donors (Lipinski definition) is 0. The zero-order valence-corrected chi connectivity index (χ0v) is 17.0. The number of carbonyl (C=O) groups excluding carboxylic acids is 1. The van der Waals surface area contributed by atoms with Gasteiger partial charge >= 0.3 is 0 Å². The summed E-state index contributed by atoms with van der Waals surface area (Å²) in [5, 5.41) is 23.1. The summed E-state index contributed by atoms with van der Waals surface area (Å²) in [4.78, 5) is 24.9. The van der Waals surface area contributed by atoms with Crippen LogP contribution < -0.4 is 14.6 Å². The molecule has 2 aromatic carbocycles. The van der Waals surface area contributed by atoms with E-state index in [9.17, 15) is 20.0 Å². The van der Waals surface area contributed by atoms with E-state index in [4.69, 9.17) is 21.7 Å². The number of thiocarbonyl (C=S) groups is 1. The van der Waals surface area contributed by atoms with Crippen molar-refractivity contribution < 1.29 is 24.3 Å². The fraction of sp³-hybridized carbons (Fsp3) is 0.158. The fourth-order valence-electron chi connectivity index (χ4n) is 2.68. The van der Waals surface area contributed by atoms with E-state index in [-0.39, 0.29) is 18.2 Å². The maximum absolute atomic E-state index is 12.8. The van der Waals surface area contributed by atoms with Crippen molar-refractivity contribution in [3.63, 3.8) is 0 Å². The number of carbonyl (C=O) groups is 1. The largest absolute Gasteiger partial charge is 0.865 e. The van der Waals surface area contributed by atoms with Crippen molar-refractivity contribution in [1.29, 1.82) is 0 Å². The molecular weight excluding hydrogens is 416 g/mol. The van der Waals surface area contributed by atoms with E-state index in [2.05, 4.69) is 0 Å². The third kappa shape index (κ3) is 4.33. The Morgan fingerprint density at radius 2 is 1.90 bits per heavy atom. The van der Waals surface area contributed by atoms with E-state index < -0.39 is 16.4 Å². The number of ether oxygens (including phenoxy) is 2. The Bertz CT molecular complexity index is 1020. The van der Waals surface area contributed by atoms with Crippen LogP contribution in [0.15, 0.2) is 41.3 Å². The summed E-state index contributed by atoms with van der Waals surface area (Å²) in [7, 11) is 2.82. The average molecular weight is 431 g/mol. The van der Waals surface area contributed by atoms with Crippen LogP contribution in [0.3, 0.4) is 0 Å². The molecule has 0 bridgehead atoms. The van der Waals surface area contributed by atoms with Gasteiger partial charge in [0.2, 0.25) is 0 Å². The van der Waals surface area contributed by atoms with Gasteiger partial charge in [0.1, 0.15) is 15.8 Å². The first-order valence-corrected chi connectivity index (χ1v) is 9.48. The van der Waals surface area contributed by atoms with Crippen molar-refractivity contribution in [3.8, 4) is 17.2 Å². The molecule has 1 saturated heterocycles. The molecule has 0 spiro atoms. The lowest BCUT2D eigenvalue weighted by molar-refractivity contribution is -0.398. The highest BCUT2D eigenvalue weighted by Gasteiger charge is 2.32. The van der Waals surface area contributed by atoms with Crippen LogP contribution in [-0.4, -0.2) is 34.3 Å². The molecule has 0 N–H and O–H groups in total. The Morgan fingerprint density at radius 3 is 2.48 bits per heavy atom. The van der Waals surface area contributed by atoms with Gasteiger partial charge in [-0.25, -0.2) is 0 Å². The van der Waals surface area contributed by atoms with Crippen molar-refractivity contribution in [3.05, 3.63) is 62.5 Å². The molecule has 1 amide bonds. The summed E-state index contributed by atoms with van der Waals surface area (Å²) in [6, 6.07) is 9.72. The lowest BCUT2D eigenvalue weighted by Gasteiger charge is -2.15. The van der Waals surface area contributed by atoms with Crippen LogP contribution >= 0.6 is 24.0 Å². The van der Waals surface area contributed by atoms with Crippen LogP contribution in [0, 0.1) is 10.1 Å². The second-order valence-corrected chi connectivity index (χ2v) is 7.62. The molecule has 1 heterocycles. The zero-order valence-electron chi connectivity index (χ0n) is 15.4. The van der Waals surface area contributed by atoms with E-state index >= 15 is 0 Å². The van der Waals surface area contributed by atoms with Gasteiger partial charge in [-0.1, -0.05) is 36.1 Å². The van der Waals surface area contributed by atoms with Gasteiger partial charge in [-0.3, -0.25) is 19.8 Å². The molecule has 0 unspecified atom stereocenters. The number of thioether (sulfide) groups is 1. The Labute approximate surface area is 175 Å². The molecule has 1 aliphatic heterocycles. The van der Waals surface area contributed by atoms with Gasteiger partial charge in [0, 0.05) is 11.8 Å². The van der Waals surface area contributed by atoms with Gasteiger partial charge in [-0.05, 0) is 35.4 Å². The summed E-state index contributed by atoms with van der Waals surface area (Å²) in [5.41, 5.74) is 0.554. The molecule has 8 nitrogen and oxygen atoms in total. The quantitative estimate of drug-likeness (QED) is 0.297. The van der Waals surface area contributed by atoms with Gasteiger partial charge in [0.25, 0.3) is 11.6 Å². The summed E-state index contributed by atoms with van der Waals surface area (Å²) in [6.45, 7) is 0.287. The van der Waals surface area contributed by atoms with Gasteiger partial charge < -0.3 is 14.6 Å². The molecule has 1 fully saturated rings. The Hall–Kier alpha value is -3.11. The molecule has 2 aromatic rings. The Balaban J connectivity index is 1.87. The highest BCUT2D eigenvalue weighted by molar-refractivity contribution is 8.26. The SMILES string of the molecule is COc1ccc(CN2C(=O)/C(=C/c3cc(OC)c([O-])c([N+](=O)[O-])c3)SC2=S)cc1. The van der Waals surface area contributed by atoms with Gasteiger partial charge in [0.05, 0.1) is 30.6 Å². The minimum absolute atomic E-state index is 0.167. The number of methoxy groups -OCH3 is 2. The predicted octanol–water partition coefficient (Wildman–Crippen LogP) is 3.09. The summed E-state index contributed by atoms with van der Waals surface area (Å²) < 4.78 is 10.4. The predicted molar refractivity (Wildman–Crippen MR) is 111 cm³/mol. The first-order valence-electron chi connectivity index (χ1n) is 8.25. The number of nitrogens with zero attached hydrogens (tertiary/aromatic N) is 2. The molecule has 1 aliphatic rings. The highest BCUT2D eigenvalue weighted by atomic mass is 32.2. The molecule has 29 heavy (non-hydrogen) atoms. The molecule has 10 heteroatoms. The van der Waals surface area contributed by atoms with Gasteiger partial charge in [0.15, 0.2) is 0 Å². The van der Waals surface area contributed by atoms with Gasteiger partial charge in [-0.15, -0.1) is 0 Å². The van der Waals surface area contributed by atoms with E-state index in [0.717, 1.165) is 23.4 Å². The number of hydrogen-bond acceptors (Lipinski definition) is 8. The van der Waals surface area contributed by atoms with Crippen LogP contribution in [0.1, 0.15) is 11.1 Å². The molecule has 150 valence electrons. The topological polar surface area (TPSA) is 105 Å². The first-order chi connectivity index (χ1) is 13.8. The molecule has 0 saturated carbocycles. The standard InChI is InChI=1S/C19H16N2O6S2/c1-26-13-5-3-11(4-6-13)10-20-18(23)16(29-19(20)28)9-12-7-14(21(24)25)17(22)15(8-12)27-2/h3-9,22H,10H2,1-2H3/p-1/b16-9-. The van der Waals surface area contributed by atoms with Gasteiger partial charge in [-0.2, -0.15) is 0 Å². The van der Waals surface area contributed by atoms with Crippen molar-refractivity contribution in [2.24, 2.45) is 0 Å². The van der Waals surface area contributed by atoms with Crippen molar-refractivity contribution in [2.75, 3.05) is 14.2 Å². The molecule has 0 radical (unpaired) electrons. The normalized spacial score (nSPS) is 15.1. The third-order valence-electron chi connectivity index (χ3n) is 4.15. The number of amides is 1. The van der Waals surface area contributed by atoms with Crippen LogP contribution in [0.25, 0.3) is 6.08 Å². The zero-order chi connectivity index (χ0) is 21.1. The Morgan fingerprint density at radius 1 is 1.21 bits per heavy atom. The molecule has 0 atom stereocenters. The van der Waals surface area contributed by atoms with E-state index in [1.54, 1.807) is 19.2 Å². The maximum atomic E-state index is 12.8. The first kappa shape index (κ1) is 20.6. The minimum Gasteiger partial charge on any atom is -0.865 e. The van der Waals surface area contributed by atoms with E-state index in [1.807, 2.05) is 12.1 Å². The number of nitro groups is 1. The van der Waals surface area contributed by atoms with E-state index in [1.165, 1.54) is 24.2 Å². The highest BCUT2D eigenvalue weighted by Crippen LogP contribution is 2.38. The molecule has 3 rings (SSSR count). The monoisotopic (exact) mass is 431 g/mol. The van der Waals surface area contributed by atoms with Crippen LogP contribution in [0.5, 0.6) is 17.2 Å². The summed E-state index contributed by atoms with van der Waals surface area (Å²) in [5.74, 6) is -0.596. The van der Waals surface area contributed by atoms with Crippen LogP contribution in [-0.2, 0) is 11.3 Å². The molecular formula is C19H15N2O6S2-. The lowest BCUT2D eigenvalue weighted by Crippen LogP contribution is -2.27. The molecule has 0 aliphatic carbocycles. The van der Waals surface area contributed by atoms with E-state index in [0.29, 0.717) is 20.5 Å². The minimum atomic E-state index is -0.818. The number of rotatable bonds is 6. The van der Waals surface area contributed by atoms with Crippen molar-refractivity contribution in [1.82, 2.24) is 4.90 Å². The van der Waals surface area contributed by atoms with Crippen molar-refractivity contribution >= 4 is 46.0 Å². The number of benzene rings is 2. The number of nitro benzene ring substituents is 1. The van der Waals surface area contributed by atoms with Crippen LogP contribution in [0.2, 0.25) is 0 Å². The second-order valence-electron chi connectivity index (χ2n) is 5.94. The fourth-order valence-corrected chi connectivity index (χ4v) is 3.94.